The monoisotopic (exact) mass is 494 g/mol. The number of imide groups is 1. The number of amides is 3. The van der Waals surface area contributed by atoms with E-state index in [1.807, 2.05) is 0 Å². The molecule has 1 aliphatic heterocycles. The van der Waals surface area contributed by atoms with Crippen molar-refractivity contribution in [2.75, 3.05) is 27.9 Å². The second-order valence-corrected chi connectivity index (χ2v) is 7.84. The molecule has 9 nitrogen and oxygen atoms in total. The molecule has 0 saturated carbocycles. The van der Waals surface area contributed by atoms with Gasteiger partial charge in [-0.3, -0.25) is 24.1 Å². The van der Waals surface area contributed by atoms with Gasteiger partial charge in [-0.05, 0) is 29.8 Å². The third kappa shape index (κ3) is 5.04. The van der Waals surface area contributed by atoms with Crippen molar-refractivity contribution in [3.05, 3.63) is 57.1 Å². The summed E-state index contributed by atoms with van der Waals surface area (Å²) in [6.45, 7) is -0.563. The van der Waals surface area contributed by atoms with Gasteiger partial charge in [0.05, 0.1) is 55.0 Å². The first-order valence-electron chi connectivity index (χ1n) is 9.63. The minimum atomic E-state index is -0.816. The molecule has 0 aromatic heterocycles. The molecule has 0 bridgehead atoms. The maximum absolute atomic E-state index is 12.8. The molecule has 33 heavy (non-hydrogen) atoms. The Morgan fingerprint density at radius 3 is 2.03 bits per heavy atom. The number of methoxy groups -OCH3 is 3. The van der Waals surface area contributed by atoms with E-state index in [9.17, 15) is 19.2 Å². The van der Waals surface area contributed by atoms with Gasteiger partial charge in [-0.1, -0.05) is 29.3 Å². The molecule has 1 unspecified atom stereocenters. The van der Waals surface area contributed by atoms with Crippen LogP contribution in [0.4, 0.5) is 0 Å². The largest absolute Gasteiger partial charge is 0.493 e. The summed E-state index contributed by atoms with van der Waals surface area (Å²) in [5, 5.41) is 2.91. The number of hydrogen-bond acceptors (Lipinski definition) is 7. The van der Waals surface area contributed by atoms with Crippen molar-refractivity contribution in [1.82, 2.24) is 10.2 Å². The molecule has 1 N–H and O–H groups in total. The summed E-state index contributed by atoms with van der Waals surface area (Å²) in [4.78, 5) is 50.8. The molecule has 1 heterocycles. The van der Waals surface area contributed by atoms with Crippen molar-refractivity contribution in [2.24, 2.45) is 0 Å². The van der Waals surface area contributed by atoms with Gasteiger partial charge < -0.3 is 19.5 Å². The molecule has 0 aliphatic carbocycles. The highest BCUT2D eigenvalue weighted by Crippen LogP contribution is 2.32. The van der Waals surface area contributed by atoms with Crippen LogP contribution in [0, 0.1) is 0 Å². The lowest BCUT2D eigenvalue weighted by atomic mass is 10.0. The van der Waals surface area contributed by atoms with Gasteiger partial charge in [-0.25, -0.2) is 0 Å². The summed E-state index contributed by atoms with van der Waals surface area (Å²) < 4.78 is 15.2. The number of nitrogens with zero attached hydrogens (tertiary/aromatic N) is 1. The van der Waals surface area contributed by atoms with E-state index in [0.29, 0.717) is 17.1 Å². The number of halogens is 2. The highest BCUT2D eigenvalue weighted by atomic mass is 35.5. The van der Waals surface area contributed by atoms with Crippen LogP contribution in [0.3, 0.4) is 0 Å². The topological polar surface area (TPSA) is 111 Å². The number of ether oxygens (including phenoxy) is 3. The number of benzene rings is 2. The fraction of sp³-hybridized carbons (Fsp3) is 0.273. The molecular weight excluding hydrogens is 475 g/mol. The van der Waals surface area contributed by atoms with Crippen molar-refractivity contribution in [3.8, 4) is 11.5 Å². The van der Waals surface area contributed by atoms with E-state index in [1.54, 1.807) is 18.2 Å². The zero-order valence-corrected chi connectivity index (χ0v) is 19.5. The summed E-state index contributed by atoms with van der Waals surface area (Å²) in [6.07, 6.45) is -0.189. The van der Waals surface area contributed by atoms with Gasteiger partial charge >= 0.3 is 5.97 Å². The van der Waals surface area contributed by atoms with E-state index >= 15 is 0 Å². The molecule has 3 rings (SSSR count). The Morgan fingerprint density at radius 2 is 1.52 bits per heavy atom. The van der Waals surface area contributed by atoms with E-state index < -0.39 is 36.3 Å². The van der Waals surface area contributed by atoms with Crippen molar-refractivity contribution in [3.63, 3.8) is 0 Å². The summed E-state index contributed by atoms with van der Waals surface area (Å²) in [5.41, 5.74) is 0.661. The number of fused-ring (bicyclic) bond motifs is 1. The van der Waals surface area contributed by atoms with Crippen LogP contribution in [0.15, 0.2) is 30.3 Å². The van der Waals surface area contributed by atoms with Gasteiger partial charge in [0.25, 0.3) is 11.8 Å². The Kier molecular flexibility index (Phi) is 7.45. The fourth-order valence-electron chi connectivity index (χ4n) is 3.38. The molecular formula is C22H20Cl2N2O7. The predicted octanol–water partition coefficient (Wildman–Crippen LogP) is 3.03. The van der Waals surface area contributed by atoms with Crippen molar-refractivity contribution in [2.45, 2.75) is 12.5 Å². The van der Waals surface area contributed by atoms with Crippen LogP contribution < -0.4 is 14.8 Å². The quantitative estimate of drug-likeness (QED) is 0.443. The zero-order chi connectivity index (χ0) is 24.3. The summed E-state index contributed by atoms with van der Waals surface area (Å²) in [5.74, 6) is -1.70. The smallest absolute Gasteiger partial charge is 0.307 e. The van der Waals surface area contributed by atoms with Crippen LogP contribution in [0.2, 0.25) is 10.0 Å². The molecule has 0 fully saturated rings. The molecule has 0 radical (unpaired) electrons. The van der Waals surface area contributed by atoms with Crippen LogP contribution in [-0.4, -0.2) is 56.5 Å². The van der Waals surface area contributed by atoms with Gasteiger partial charge in [0.15, 0.2) is 11.5 Å². The van der Waals surface area contributed by atoms with Crippen LogP contribution in [0.1, 0.15) is 38.7 Å². The fourth-order valence-corrected chi connectivity index (χ4v) is 3.71. The molecule has 1 aliphatic rings. The lowest BCUT2D eigenvalue weighted by Crippen LogP contribution is -2.42. The van der Waals surface area contributed by atoms with E-state index in [-0.39, 0.29) is 27.6 Å². The van der Waals surface area contributed by atoms with Gasteiger partial charge in [-0.15, -0.1) is 0 Å². The number of esters is 1. The first-order chi connectivity index (χ1) is 15.7. The molecule has 2 aromatic rings. The average Bonchev–Trinajstić information content (AvgIpc) is 3.02. The number of carbonyl (C=O) groups excluding carboxylic acids is 4. The van der Waals surface area contributed by atoms with Gasteiger partial charge in [0, 0.05) is 0 Å². The molecule has 1 atom stereocenters. The molecule has 0 saturated heterocycles. The Hall–Kier alpha value is -3.30. The predicted molar refractivity (Wildman–Crippen MR) is 119 cm³/mol. The van der Waals surface area contributed by atoms with Crippen molar-refractivity contribution >= 4 is 46.9 Å². The third-order valence-electron chi connectivity index (χ3n) is 5.06. The minimum Gasteiger partial charge on any atom is -0.493 e. The Morgan fingerprint density at radius 1 is 0.939 bits per heavy atom. The number of hydrogen-bond donors (Lipinski definition) is 1. The van der Waals surface area contributed by atoms with Gasteiger partial charge in [0.1, 0.15) is 6.54 Å². The Labute approximate surface area is 199 Å². The van der Waals surface area contributed by atoms with Crippen LogP contribution >= 0.6 is 23.2 Å². The Bertz CT molecular complexity index is 1090. The second kappa shape index (κ2) is 10.1. The Balaban J connectivity index is 1.81. The lowest BCUT2D eigenvalue weighted by molar-refractivity contribution is -0.141. The number of rotatable bonds is 8. The number of nitrogens with one attached hydrogen (secondary N) is 1. The van der Waals surface area contributed by atoms with Crippen LogP contribution in [0.25, 0.3) is 0 Å². The summed E-state index contributed by atoms with van der Waals surface area (Å²) in [7, 11) is 4.16. The summed E-state index contributed by atoms with van der Waals surface area (Å²) in [6, 6.07) is 6.66. The van der Waals surface area contributed by atoms with Crippen molar-refractivity contribution < 1.29 is 33.4 Å². The van der Waals surface area contributed by atoms with E-state index in [2.05, 4.69) is 5.32 Å². The second-order valence-electron chi connectivity index (χ2n) is 7.02. The van der Waals surface area contributed by atoms with E-state index in [4.69, 9.17) is 37.4 Å². The van der Waals surface area contributed by atoms with Gasteiger partial charge in [0.2, 0.25) is 5.91 Å². The lowest BCUT2D eigenvalue weighted by Gasteiger charge is -2.21. The van der Waals surface area contributed by atoms with E-state index in [0.717, 1.165) is 4.90 Å². The van der Waals surface area contributed by atoms with Crippen LogP contribution in [-0.2, 0) is 14.3 Å². The molecule has 0 spiro atoms. The summed E-state index contributed by atoms with van der Waals surface area (Å²) >= 11 is 11.9. The standard InChI is InChI=1S/C22H20Cl2N2O7/c1-31-17-5-4-11(6-18(17)32-2)16(9-20(28)33-3)25-19(27)10-26-21(29)12-7-14(23)15(24)8-13(12)22(26)30/h4-8,16H,9-10H2,1-3H3,(H,25,27). The van der Waals surface area contributed by atoms with E-state index in [1.165, 1.54) is 33.5 Å². The van der Waals surface area contributed by atoms with Crippen LogP contribution in [0.5, 0.6) is 11.5 Å². The normalized spacial score (nSPS) is 13.4. The molecule has 2 aromatic carbocycles. The average molecular weight is 495 g/mol. The first kappa shape index (κ1) is 24.3. The maximum Gasteiger partial charge on any atom is 0.307 e. The molecule has 174 valence electrons. The first-order valence-corrected chi connectivity index (χ1v) is 10.4. The van der Waals surface area contributed by atoms with Crippen molar-refractivity contribution in [1.29, 1.82) is 0 Å². The highest BCUT2D eigenvalue weighted by molar-refractivity contribution is 6.43. The minimum absolute atomic E-state index is 0.0631. The van der Waals surface area contributed by atoms with Gasteiger partial charge in [-0.2, -0.15) is 0 Å². The molecule has 11 heteroatoms. The molecule has 3 amide bonds. The zero-order valence-electron chi connectivity index (χ0n) is 17.9. The SMILES string of the molecule is COC(=O)CC(NC(=O)CN1C(=O)c2cc(Cl)c(Cl)cc2C1=O)c1ccc(OC)c(OC)c1. The highest BCUT2D eigenvalue weighted by Gasteiger charge is 2.37. The third-order valence-corrected chi connectivity index (χ3v) is 5.78. The maximum atomic E-state index is 12.8. The number of carbonyl (C=O) groups is 4.